The molecule has 4 nitrogen and oxygen atoms in total. The molecule has 0 bridgehead atoms. The molecule has 1 aromatic heterocycles. The van der Waals surface area contributed by atoms with Crippen molar-refractivity contribution in [1.82, 2.24) is 15.3 Å². The molecule has 0 saturated heterocycles. The molecule has 0 aromatic carbocycles. The Labute approximate surface area is 82.8 Å². The molecule has 0 radical (unpaired) electrons. The van der Waals surface area contributed by atoms with Crippen LogP contribution in [0.1, 0.15) is 30.8 Å². The van der Waals surface area contributed by atoms with E-state index in [9.17, 15) is 4.79 Å². The summed E-state index contributed by atoms with van der Waals surface area (Å²) in [7, 11) is 0. The number of hydrogen-bond acceptors (Lipinski definition) is 3. The number of fused-ring (bicyclic) bond motifs is 1. The normalized spacial score (nSPS) is 14.8. The summed E-state index contributed by atoms with van der Waals surface area (Å²) in [5, 5.41) is 3.22. The second-order valence-corrected chi connectivity index (χ2v) is 4.15. The maximum absolute atomic E-state index is 11.2. The molecule has 0 fully saturated rings. The molecule has 0 aliphatic carbocycles. The maximum atomic E-state index is 11.2. The Kier molecular flexibility index (Phi) is 2.37. The second-order valence-electron chi connectivity index (χ2n) is 4.15. The predicted molar refractivity (Wildman–Crippen MR) is 53.9 cm³/mol. The van der Waals surface area contributed by atoms with Gasteiger partial charge in [-0.25, -0.2) is 4.79 Å². The third-order valence-corrected chi connectivity index (χ3v) is 2.41. The van der Waals surface area contributed by atoms with E-state index < -0.39 is 0 Å². The first-order valence-electron chi connectivity index (χ1n) is 4.98. The van der Waals surface area contributed by atoms with Crippen LogP contribution in [-0.2, 0) is 19.5 Å². The Morgan fingerprint density at radius 2 is 2.21 bits per heavy atom. The highest BCUT2D eigenvalue weighted by molar-refractivity contribution is 5.28. The van der Waals surface area contributed by atoms with Gasteiger partial charge in [0, 0.05) is 24.3 Å². The standard InChI is InChI=1S/C10H15N3O/c1-6(2)3-8-7-4-11-5-9(7)13-10(14)12-8/h6,11H,3-5H2,1-2H3,(H,12,13,14). The highest BCUT2D eigenvalue weighted by Crippen LogP contribution is 2.16. The topological polar surface area (TPSA) is 57.8 Å². The first-order chi connectivity index (χ1) is 6.66. The van der Waals surface area contributed by atoms with Crippen LogP contribution in [0.15, 0.2) is 4.79 Å². The van der Waals surface area contributed by atoms with Crippen LogP contribution >= 0.6 is 0 Å². The van der Waals surface area contributed by atoms with Crippen molar-refractivity contribution in [3.8, 4) is 0 Å². The zero-order valence-electron chi connectivity index (χ0n) is 8.55. The molecule has 14 heavy (non-hydrogen) atoms. The number of nitrogens with one attached hydrogen (secondary N) is 2. The Balaban J connectivity index is 2.43. The smallest absolute Gasteiger partial charge is 0.308 e. The van der Waals surface area contributed by atoms with Gasteiger partial charge < -0.3 is 10.3 Å². The van der Waals surface area contributed by atoms with Gasteiger partial charge >= 0.3 is 5.69 Å². The maximum Gasteiger partial charge on any atom is 0.345 e. The van der Waals surface area contributed by atoms with Crippen molar-refractivity contribution in [2.75, 3.05) is 0 Å². The van der Waals surface area contributed by atoms with Gasteiger partial charge in [0.05, 0.1) is 5.69 Å². The second kappa shape index (κ2) is 3.53. The molecule has 0 unspecified atom stereocenters. The minimum absolute atomic E-state index is 0.219. The Morgan fingerprint density at radius 1 is 1.43 bits per heavy atom. The van der Waals surface area contributed by atoms with Gasteiger partial charge in [-0.05, 0) is 12.3 Å². The van der Waals surface area contributed by atoms with Crippen LogP contribution in [0.4, 0.5) is 0 Å². The van der Waals surface area contributed by atoms with Gasteiger partial charge in [0.25, 0.3) is 0 Å². The summed E-state index contributed by atoms with van der Waals surface area (Å²) in [6.07, 6.45) is 0.883. The van der Waals surface area contributed by atoms with Gasteiger partial charge in [-0.2, -0.15) is 4.98 Å². The number of rotatable bonds is 2. The summed E-state index contributed by atoms with van der Waals surface area (Å²) < 4.78 is 0. The third kappa shape index (κ3) is 1.70. The van der Waals surface area contributed by atoms with E-state index in [4.69, 9.17) is 0 Å². The quantitative estimate of drug-likeness (QED) is 0.722. The van der Waals surface area contributed by atoms with E-state index in [1.807, 2.05) is 0 Å². The number of nitrogens with zero attached hydrogens (tertiary/aromatic N) is 1. The van der Waals surface area contributed by atoms with E-state index in [-0.39, 0.29) is 5.69 Å². The zero-order valence-corrected chi connectivity index (χ0v) is 8.55. The molecule has 4 heteroatoms. The fraction of sp³-hybridized carbons (Fsp3) is 0.600. The van der Waals surface area contributed by atoms with Gasteiger partial charge in [-0.3, -0.25) is 0 Å². The summed E-state index contributed by atoms with van der Waals surface area (Å²) >= 11 is 0. The molecule has 2 rings (SSSR count). The van der Waals surface area contributed by atoms with E-state index in [2.05, 4.69) is 29.1 Å². The van der Waals surface area contributed by atoms with E-state index in [1.54, 1.807) is 0 Å². The van der Waals surface area contributed by atoms with Crippen molar-refractivity contribution < 1.29 is 0 Å². The zero-order chi connectivity index (χ0) is 10.1. The van der Waals surface area contributed by atoms with Gasteiger partial charge in [0.1, 0.15) is 0 Å². The third-order valence-electron chi connectivity index (χ3n) is 2.41. The SMILES string of the molecule is CC(C)Cc1nc(=O)[nH]c2c1CNC2. The molecule has 2 heterocycles. The summed E-state index contributed by atoms with van der Waals surface area (Å²) in [4.78, 5) is 18.0. The van der Waals surface area contributed by atoms with Crippen molar-refractivity contribution in [3.63, 3.8) is 0 Å². The number of aromatic amines is 1. The van der Waals surface area contributed by atoms with Gasteiger partial charge in [-0.1, -0.05) is 13.8 Å². The van der Waals surface area contributed by atoms with Crippen LogP contribution in [-0.4, -0.2) is 9.97 Å². The molecule has 0 atom stereocenters. The molecule has 0 spiro atoms. The lowest BCUT2D eigenvalue weighted by atomic mass is 10.0. The molecule has 1 aromatic rings. The van der Waals surface area contributed by atoms with Crippen molar-refractivity contribution in [2.45, 2.75) is 33.4 Å². The molecule has 76 valence electrons. The minimum Gasteiger partial charge on any atom is -0.308 e. The van der Waals surface area contributed by atoms with E-state index in [0.29, 0.717) is 5.92 Å². The average Bonchev–Trinajstić information content (AvgIpc) is 2.50. The molecule has 1 aliphatic heterocycles. The van der Waals surface area contributed by atoms with Crippen LogP contribution in [0.25, 0.3) is 0 Å². The highest BCUT2D eigenvalue weighted by Gasteiger charge is 2.17. The van der Waals surface area contributed by atoms with Gasteiger partial charge in [0.15, 0.2) is 0 Å². The molecular formula is C10H15N3O. The fourth-order valence-electron chi connectivity index (χ4n) is 1.82. The molecular weight excluding hydrogens is 178 g/mol. The highest BCUT2D eigenvalue weighted by atomic mass is 16.1. The van der Waals surface area contributed by atoms with Crippen LogP contribution in [0.5, 0.6) is 0 Å². The average molecular weight is 193 g/mol. The Bertz CT molecular complexity index is 395. The molecule has 1 aliphatic rings. The summed E-state index contributed by atoms with van der Waals surface area (Å²) in [6.45, 7) is 5.87. The van der Waals surface area contributed by atoms with Gasteiger partial charge in [0.2, 0.25) is 0 Å². The monoisotopic (exact) mass is 193 g/mol. The summed E-state index contributed by atoms with van der Waals surface area (Å²) in [5.41, 5.74) is 2.95. The molecule has 0 saturated carbocycles. The largest absolute Gasteiger partial charge is 0.345 e. The Morgan fingerprint density at radius 3 is 2.93 bits per heavy atom. The van der Waals surface area contributed by atoms with Crippen LogP contribution < -0.4 is 11.0 Å². The van der Waals surface area contributed by atoms with Crippen molar-refractivity contribution in [1.29, 1.82) is 0 Å². The lowest BCUT2D eigenvalue weighted by Crippen LogP contribution is -2.17. The number of hydrogen-bond donors (Lipinski definition) is 2. The molecule has 2 N–H and O–H groups in total. The first-order valence-corrected chi connectivity index (χ1v) is 4.98. The predicted octanol–water partition coefficient (Wildman–Crippen LogP) is 0.572. The van der Waals surface area contributed by atoms with Crippen LogP contribution in [0, 0.1) is 5.92 Å². The van der Waals surface area contributed by atoms with E-state index in [1.165, 1.54) is 5.56 Å². The van der Waals surface area contributed by atoms with E-state index in [0.717, 1.165) is 30.9 Å². The van der Waals surface area contributed by atoms with Gasteiger partial charge in [-0.15, -0.1) is 0 Å². The van der Waals surface area contributed by atoms with E-state index >= 15 is 0 Å². The summed E-state index contributed by atoms with van der Waals surface area (Å²) in [6, 6.07) is 0. The minimum atomic E-state index is -0.219. The number of aromatic nitrogens is 2. The van der Waals surface area contributed by atoms with Crippen LogP contribution in [0.3, 0.4) is 0 Å². The fourth-order valence-corrected chi connectivity index (χ4v) is 1.82. The van der Waals surface area contributed by atoms with Crippen molar-refractivity contribution in [3.05, 3.63) is 27.4 Å². The summed E-state index contributed by atoms with van der Waals surface area (Å²) in [5.74, 6) is 0.536. The molecule has 0 amide bonds. The van der Waals surface area contributed by atoms with Crippen molar-refractivity contribution in [2.24, 2.45) is 5.92 Å². The Hall–Kier alpha value is -1.16. The lowest BCUT2D eigenvalue weighted by molar-refractivity contribution is 0.625. The number of H-pyrrole nitrogens is 1. The first kappa shape index (κ1) is 9.40. The van der Waals surface area contributed by atoms with Crippen molar-refractivity contribution >= 4 is 0 Å². The van der Waals surface area contributed by atoms with Crippen LogP contribution in [0.2, 0.25) is 0 Å². The lowest BCUT2D eigenvalue weighted by Gasteiger charge is -2.07.